The summed E-state index contributed by atoms with van der Waals surface area (Å²) in [6.45, 7) is 2.44. The molecule has 0 atom stereocenters. The van der Waals surface area contributed by atoms with Gasteiger partial charge in [0.15, 0.2) is 28.8 Å². The van der Waals surface area contributed by atoms with Crippen LogP contribution in [0.2, 0.25) is 0 Å². The van der Waals surface area contributed by atoms with Gasteiger partial charge in [-0.1, -0.05) is 0 Å². The van der Waals surface area contributed by atoms with Crippen LogP contribution < -0.4 is 29.8 Å². The van der Waals surface area contributed by atoms with Gasteiger partial charge in [0.1, 0.15) is 0 Å². The Morgan fingerprint density at radius 2 is 1.65 bits per heavy atom. The van der Waals surface area contributed by atoms with E-state index in [4.69, 9.17) is 18.9 Å². The Labute approximate surface area is 196 Å². The van der Waals surface area contributed by atoms with E-state index < -0.39 is 0 Å². The fraction of sp³-hybridized carbons (Fsp3) is 0.385. The zero-order chi connectivity index (χ0) is 23.4. The standard InChI is InChI=1S/C26H26N2O6/c1-31-19-8-15-18(11-20(19)32-2)26(30)28(7-3-6-27-12-14-4-5-14)24-16-9-21-22(34-13-33-21)10-17(16)25(29)23(15)24/h8-11,14,27H,3-7,12-13H2,1-2H3. The number of ether oxygens (including phenoxy) is 4. The predicted octanol–water partition coefficient (Wildman–Crippen LogP) is 3.35. The summed E-state index contributed by atoms with van der Waals surface area (Å²) in [4.78, 5) is 27.4. The van der Waals surface area contributed by atoms with Crippen LogP contribution in [0.1, 0.15) is 35.2 Å². The van der Waals surface area contributed by atoms with E-state index in [-0.39, 0.29) is 18.1 Å². The summed E-state index contributed by atoms with van der Waals surface area (Å²) in [6.07, 6.45) is 3.36. The van der Waals surface area contributed by atoms with Gasteiger partial charge < -0.3 is 28.8 Å². The van der Waals surface area contributed by atoms with Gasteiger partial charge in [0.05, 0.1) is 30.9 Å². The number of aromatic nitrogens is 1. The highest BCUT2D eigenvalue weighted by atomic mass is 16.7. The molecule has 0 radical (unpaired) electrons. The average Bonchev–Trinajstić information content (AvgIpc) is 3.49. The zero-order valence-corrected chi connectivity index (χ0v) is 19.2. The smallest absolute Gasteiger partial charge is 0.259 e. The molecule has 1 aromatic heterocycles. The molecule has 1 fully saturated rings. The summed E-state index contributed by atoms with van der Waals surface area (Å²) in [5, 5.41) is 4.47. The molecule has 3 aromatic rings. The molecule has 34 heavy (non-hydrogen) atoms. The number of carbonyl (C=O) groups excluding carboxylic acids is 1. The highest BCUT2D eigenvalue weighted by Gasteiger charge is 2.35. The highest BCUT2D eigenvalue weighted by molar-refractivity contribution is 6.27. The average molecular weight is 463 g/mol. The van der Waals surface area contributed by atoms with Gasteiger partial charge in [-0.3, -0.25) is 9.59 Å². The van der Waals surface area contributed by atoms with Crippen LogP contribution in [-0.4, -0.2) is 44.5 Å². The number of pyridine rings is 1. The molecule has 3 aliphatic rings. The number of ketones is 1. The second kappa shape index (κ2) is 8.06. The molecule has 176 valence electrons. The largest absolute Gasteiger partial charge is 0.493 e. The van der Waals surface area contributed by atoms with E-state index in [1.807, 2.05) is 6.07 Å². The summed E-state index contributed by atoms with van der Waals surface area (Å²) < 4.78 is 23.7. The molecule has 1 aliphatic heterocycles. The lowest BCUT2D eigenvalue weighted by atomic mass is 10.0. The minimum atomic E-state index is -0.157. The van der Waals surface area contributed by atoms with E-state index in [0.29, 0.717) is 62.7 Å². The summed E-state index contributed by atoms with van der Waals surface area (Å²) in [6, 6.07) is 6.93. The monoisotopic (exact) mass is 462 g/mol. The number of fused-ring (bicyclic) bond motifs is 6. The third-order valence-electron chi connectivity index (χ3n) is 6.88. The Hall–Kier alpha value is -3.52. The number of hydrogen-bond donors (Lipinski definition) is 1. The fourth-order valence-electron chi connectivity index (χ4n) is 4.95. The predicted molar refractivity (Wildman–Crippen MR) is 127 cm³/mol. The Morgan fingerprint density at radius 3 is 2.32 bits per heavy atom. The van der Waals surface area contributed by atoms with Gasteiger partial charge in [0.25, 0.3) is 5.56 Å². The lowest BCUT2D eigenvalue weighted by molar-refractivity contribution is 0.104. The molecule has 0 unspecified atom stereocenters. The molecule has 0 spiro atoms. The molecule has 8 heteroatoms. The van der Waals surface area contributed by atoms with Crippen molar-refractivity contribution < 1.29 is 23.7 Å². The van der Waals surface area contributed by atoms with Gasteiger partial charge in [0, 0.05) is 23.1 Å². The molecule has 1 saturated carbocycles. The number of nitrogens with one attached hydrogen (secondary N) is 1. The van der Waals surface area contributed by atoms with Gasteiger partial charge in [-0.05, 0) is 62.5 Å². The van der Waals surface area contributed by atoms with Crippen LogP contribution in [0.5, 0.6) is 23.0 Å². The van der Waals surface area contributed by atoms with Crippen molar-refractivity contribution in [1.82, 2.24) is 9.88 Å². The van der Waals surface area contributed by atoms with Crippen molar-refractivity contribution >= 4 is 16.6 Å². The quantitative estimate of drug-likeness (QED) is 0.402. The number of benzene rings is 2. The number of rotatable bonds is 8. The molecule has 0 amide bonds. The molecule has 8 nitrogen and oxygen atoms in total. The zero-order valence-electron chi connectivity index (χ0n) is 19.2. The van der Waals surface area contributed by atoms with Crippen molar-refractivity contribution in [1.29, 1.82) is 0 Å². The topological polar surface area (TPSA) is 88.0 Å². The van der Waals surface area contributed by atoms with Crippen molar-refractivity contribution in [3.05, 3.63) is 45.7 Å². The molecular weight excluding hydrogens is 436 g/mol. The van der Waals surface area contributed by atoms with Gasteiger partial charge in [0.2, 0.25) is 6.79 Å². The van der Waals surface area contributed by atoms with Crippen LogP contribution in [0.25, 0.3) is 22.0 Å². The number of hydrogen-bond acceptors (Lipinski definition) is 7. The second-order valence-corrected chi connectivity index (χ2v) is 9.01. The Kier molecular flexibility index (Phi) is 4.99. The molecule has 2 heterocycles. The van der Waals surface area contributed by atoms with Gasteiger partial charge in [-0.25, -0.2) is 0 Å². The SMILES string of the molecule is COc1cc2c3c(n(CCCNCC4CC4)c(=O)c2cc1OC)-c1cc2c(cc1C3=O)OCO2. The summed E-state index contributed by atoms with van der Waals surface area (Å²) >= 11 is 0. The maximum atomic E-state index is 13.8. The molecule has 0 bridgehead atoms. The van der Waals surface area contributed by atoms with Gasteiger partial charge >= 0.3 is 0 Å². The third-order valence-corrected chi connectivity index (χ3v) is 6.88. The first kappa shape index (κ1) is 21.0. The van der Waals surface area contributed by atoms with E-state index in [0.717, 1.165) is 25.4 Å². The maximum absolute atomic E-state index is 13.8. The number of nitrogens with zero attached hydrogens (tertiary/aromatic N) is 1. The van der Waals surface area contributed by atoms with E-state index in [1.165, 1.54) is 27.1 Å². The van der Waals surface area contributed by atoms with Crippen LogP contribution in [0.3, 0.4) is 0 Å². The minimum absolute atomic E-state index is 0.119. The van der Waals surface area contributed by atoms with E-state index in [2.05, 4.69) is 5.32 Å². The molecule has 2 aliphatic carbocycles. The lowest BCUT2D eigenvalue weighted by Crippen LogP contribution is -2.26. The maximum Gasteiger partial charge on any atom is 0.259 e. The van der Waals surface area contributed by atoms with Crippen molar-refractivity contribution in [2.45, 2.75) is 25.8 Å². The highest BCUT2D eigenvalue weighted by Crippen LogP contribution is 2.46. The lowest BCUT2D eigenvalue weighted by Gasteiger charge is -2.17. The van der Waals surface area contributed by atoms with Gasteiger partial charge in [-0.2, -0.15) is 0 Å². The summed E-state index contributed by atoms with van der Waals surface area (Å²) in [5.41, 5.74) is 2.19. The van der Waals surface area contributed by atoms with Gasteiger partial charge in [-0.15, -0.1) is 0 Å². The van der Waals surface area contributed by atoms with Crippen LogP contribution in [0, 0.1) is 5.92 Å². The molecular formula is C26H26N2O6. The van der Waals surface area contributed by atoms with E-state index in [1.54, 1.807) is 22.8 Å². The van der Waals surface area contributed by atoms with Crippen molar-refractivity contribution in [3.63, 3.8) is 0 Å². The second-order valence-electron chi connectivity index (χ2n) is 9.01. The molecule has 1 N–H and O–H groups in total. The Bertz CT molecular complexity index is 1390. The first-order valence-corrected chi connectivity index (χ1v) is 11.6. The van der Waals surface area contributed by atoms with E-state index in [9.17, 15) is 9.59 Å². The van der Waals surface area contributed by atoms with Crippen molar-refractivity contribution in [2.24, 2.45) is 5.92 Å². The first-order chi connectivity index (χ1) is 16.6. The first-order valence-electron chi connectivity index (χ1n) is 11.6. The van der Waals surface area contributed by atoms with Crippen LogP contribution >= 0.6 is 0 Å². The van der Waals surface area contributed by atoms with Crippen LogP contribution in [-0.2, 0) is 6.54 Å². The minimum Gasteiger partial charge on any atom is -0.493 e. The van der Waals surface area contributed by atoms with Crippen LogP contribution in [0.15, 0.2) is 29.1 Å². The molecule has 0 saturated heterocycles. The number of methoxy groups -OCH3 is 2. The fourth-order valence-corrected chi connectivity index (χ4v) is 4.95. The molecule has 2 aromatic carbocycles. The normalized spacial score (nSPS) is 15.5. The summed E-state index contributed by atoms with van der Waals surface area (Å²) in [7, 11) is 3.07. The van der Waals surface area contributed by atoms with Crippen molar-refractivity contribution in [2.75, 3.05) is 34.1 Å². The van der Waals surface area contributed by atoms with E-state index >= 15 is 0 Å². The third kappa shape index (κ3) is 3.24. The molecule has 6 rings (SSSR count). The van der Waals surface area contributed by atoms with Crippen LogP contribution in [0.4, 0.5) is 0 Å². The Balaban J connectivity index is 1.52. The number of carbonyl (C=O) groups is 1. The Morgan fingerprint density at radius 1 is 0.971 bits per heavy atom. The van der Waals surface area contributed by atoms with Crippen molar-refractivity contribution in [3.8, 4) is 34.3 Å². The summed E-state index contributed by atoms with van der Waals surface area (Å²) in [5.74, 6) is 2.70.